The normalized spacial score (nSPS) is 33.4. The van der Waals surface area contributed by atoms with Crippen LogP contribution in [0, 0.1) is 5.92 Å². The molecule has 1 N–H and O–H groups in total. The molecule has 2 aliphatic heterocycles. The molecule has 0 bridgehead atoms. The largest absolute Gasteiger partial charge is 0.314 e. The zero-order chi connectivity index (χ0) is 11.4. The van der Waals surface area contributed by atoms with E-state index in [4.69, 9.17) is 0 Å². The van der Waals surface area contributed by atoms with Gasteiger partial charge in [0.2, 0.25) is 0 Å². The molecular formula is C13H26N2S. The Bertz CT molecular complexity index is 202. The molecule has 94 valence electrons. The van der Waals surface area contributed by atoms with Gasteiger partial charge < -0.3 is 5.32 Å². The van der Waals surface area contributed by atoms with E-state index in [0.717, 1.165) is 17.2 Å². The second-order valence-corrected chi connectivity index (χ2v) is 6.34. The number of thioether (sulfide) groups is 1. The molecule has 0 amide bonds. The Kier molecular flexibility index (Phi) is 4.98. The Morgan fingerprint density at radius 2 is 2.00 bits per heavy atom. The fraction of sp³-hybridized carbons (Fsp3) is 1.00. The van der Waals surface area contributed by atoms with Gasteiger partial charge in [-0.1, -0.05) is 19.8 Å². The highest BCUT2D eigenvalue weighted by Crippen LogP contribution is 2.27. The topological polar surface area (TPSA) is 15.3 Å². The lowest BCUT2D eigenvalue weighted by Crippen LogP contribution is -2.46. The van der Waals surface area contributed by atoms with Crippen molar-refractivity contribution < 1.29 is 0 Å². The van der Waals surface area contributed by atoms with E-state index in [2.05, 4.69) is 23.4 Å². The average Bonchev–Trinajstić information content (AvgIpc) is 2.78. The second-order valence-electron chi connectivity index (χ2n) is 5.27. The van der Waals surface area contributed by atoms with Gasteiger partial charge in [0.25, 0.3) is 0 Å². The average molecular weight is 242 g/mol. The molecule has 2 heterocycles. The number of piperidine rings is 1. The first-order valence-electron chi connectivity index (χ1n) is 6.82. The van der Waals surface area contributed by atoms with Gasteiger partial charge in [0, 0.05) is 24.4 Å². The molecule has 2 aliphatic rings. The Labute approximate surface area is 105 Å². The molecule has 0 saturated carbocycles. The summed E-state index contributed by atoms with van der Waals surface area (Å²) < 4.78 is 0. The summed E-state index contributed by atoms with van der Waals surface area (Å²) in [7, 11) is 0. The van der Waals surface area contributed by atoms with Crippen molar-refractivity contribution in [3.63, 3.8) is 0 Å². The van der Waals surface area contributed by atoms with E-state index in [1.165, 1.54) is 51.9 Å². The fourth-order valence-corrected chi connectivity index (χ4v) is 4.09. The van der Waals surface area contributed by atoms with Gasteiger partial charge in [-0.3, -0.25) is 4.90 Å². The van der Waals surface area contributed by atoms with Crippen molar-refractivity contribution in [2.45, 2.75) is 43.9 Å². The molecule has 0 aromatic heterocycles. The van der Waals surface area contributed by atoms with E-state index in [1.807, 2.05) is 11.8 Å². The Morgan fingerprint density at radius 1 is 1.25 bits per heavy atom. The maximum absolute atomic E-state index is 3.54. The zero-order valence-electron chi connectivity index (χ0n) is 10.7. The van der Waals surface area contributed by atoms with Gasteiger partial charge in [-0.15, -0.1) is 0 Å². The monoisotopic (exact) mass is 242 g/mol. The molecule has 0 aromatic rings. The van der Waals surface area contributed by atoms with Gasteiger partial charge in [0.05, 0.1) is 0 Å². The summed E-state index contributed by atoms with van der Waals surface area (Å²) in [6, 6.07) is 0.803. The predicted octanol–water partition coefficient (Wildman–Crippen LogP) is 2.20. The minimum Gasteiger partial charge on any atom is -0.314 e. The number of nitrogens with one attached hydrogen (secondary N) is 1. The van der Waals surface area contributed by atoms with E-state index < -0.39 is 0 Å². The van der Waals surface area contributed by atoms with E-state index in [0.29, 0.717) is 0 Å². The summed E-state index contributed by atoms with van der Waals surface area (Å²) >= 11 is 2.04. The highest BCUT2D eigenvalue weighted by molar-refractivity contribution is 7.99. The van der Waals surface area contributed by atoms with Gasteiger partial charge in [-0.2, -0.15) is 11.8 Å². The molecular weight excluding hydrogens is 216 g/mol. The van der Waals surface area contributed by atoms with Crippen LogP contribution in [0.5, 0.6) is 0 Å². The number of rotatable bonds is 4. The zero-order valence-corrected chi connectivity index (χ0v) is 11.6. The molecule has 2 fully saturated rings. The van der Waals surface area contributed by atoms with Crippen LogP contribution in [0.3, 0.4) is 0 Å². The summed E-state index contributed by atoms with van der Waals surface area (Å²) in [5, 5.41) is 4.37. The van der Waals surface area contributed by atoms with Crippen LogP contribution in [0.2, 0.25) is 0 Å². The van der Waals surface area contributed by atoms with Crippen LogP contribution in [0.4, 0.5) is 0 Å². The van der Waals surface area contributed by atoms with Crippen LogP contribution >= 0.6 is 11.8 Å². The maximum atomic E-state index is 3.54. The lowest BCUT2D eigenvalue weighted by Gasteiger charge is -2.37. The van der Waals surface area contributed by atoms with Crippen molar-refractivity contribution in [1.82, 2.24) is 10.2 Å². The molecule has 2 saturated heterocycles. The lowest BCUT2D eigenvalue weighted by molar-refractivity contribution is 0.139. The van der Waals surface area contributed by atoms with E-state index in [1.54, 1.807) is 0 Å². The first-order chi connectivity index (χ1) is 7.85. The highest BCUT2D eigenvalue weighted by atomic mass is 32.2. The number of nitrogens with zero attached hydrogens (tertiary/aromatic N) is 1. The van der Waals surface area contributed by atoms with Gasteiger partial charge in [-0.05, 0) is 38.1 Å². The van der Waals surface area contributed by atoms with Crippen LogP contribution in [0.15, 0.2) is 0 Å². The summed E-state index contributed by atoms with van der Waals surface area (Å²) in [5.41, 5.74) is 0. The number of hydrogen-bond acceptors (Lipinski definition) is 3. The quantitative estimate of drug-likeness (QED) is 0.814. The summed E-state index contributed by atoms with van der Waals surface area (Å²) in [6.45, 7) is 7.42. The van der Waals surface area contributed by atoms with E-state index in [-0.39, 0.29) is 0 Å². The van der Waals surface area contributed by atoms with Gasteiger partial charge in [0.1, 0.15) is 0 Å². The van der Waals surface area contributed by atoms with Crippen molar-refractivity contribution in [1.29, 1.82) is 0 Å². The lowest BCUT2D eigenvalue weighted by atomic mass is 9.91. The van der Waals surface area contributed by atoms with Gasteiger partial charge in [-0.25, -0.2) is 0 Å². The predicted molar refractivity (Wildman–Crippen MR) is 73.2 cm³/mol. The Hall–Kier alpha value is 0.270. The molecule has 0 aromatic carbocycles. The Balaban J connectivity index is 1.79. The molecule has 0 radical (unpaired) electrons. The number of likely N-dealkylation sites (tertiary alicyclic amines) is 1. The molecule has 2 unspecified atom stereocenters. The highest BCUT2D eigenvalue weighted by Gasteiger charge is 2.33. The van der Waals surface area contributed by atoms with Gasteiger partial charge in [0.15, 0.2) is 0 Å². The third kappa shape index (κ3) is 2.93. The summed E-state index contributed by atoms with van der Waals surface area (Å²) in [4.78, 5) is 2.74. The first kappa shape index (κ1) is 12.7. The van der Waals surface area contributed by atoms with Crippen molar-refractivity contribution in [2.75, 3.05) is 32.4 Å². The smallest absolute Gasteiger partial charge is 0.0351 e. The maximum Gasteiger partial charge on any atom is 0.0351 e. The fourth-order valence-electron chi connectivity index (χ4n) is 3.23. The molecule has 3 heteroatoms. The third-order valence-corrected chi connectivity index (χ3v) is 5.33. The SMILES string of the molecule is CCCC1CCN(C2CNCC2SC)CC1. The van der Waals surface area contributed by atoms with Crippen LogP contribution in [0.25, 0.3) is 0 Å². The standard InChI is InChI=1S/C13H26N2S/c1-3-4-11-5-7-15(8-6-11)12-9-14-10-13(12)16-2/h11-14H,3-10H2,1-2H3. The molecule has 0 spiro atoms. The third-order valence-electron chi connectivity index (χ3n) is 4.25. The molecule has 2 nitrogen and oxygen atoms in total. The van der Waals surface area contributed by atoms with Crippen molar-refractivity contribution in [3.05, 3.63) is 0 Å². The van der Waals surface area contributed by atoms with Crippen LogP contribution in [-0.2, 0) is 0 Å². The van der Waals surface area contributed by atoms with E-state index in [9.17, 15) is 0 Å². The molecule has 2 rings (SSSR count). The summed E-state index contributed by atoms with van der Waals surface area (Å²) in [6.07, 6.45) is 7.94. The van der Waals surface area contributed by atoms with Crippen molar-refractivity contribution in [3.8, 4) is 0 Å². The van der Waals surface area contributed by atoms with Crippen LogP contribution < -0.4 is 5.32 Å². The number of hydrogen-bond donors (Lipinski definition) is 1. The second kappa shape index (κ2) is 6.27. The van der Waals surface area contributed by atoms with Gasteiger partial charge >= 0.3 is 0 Å². The van der Waals surface area contributed by atoms with Crippen LogP contribution in [-0.4, -0.2) is 48.6 Å². The van der Waals surface area contributed by atoms with Crippen LogP contribution in [0.1, 0.15) is 32.6 Å². The molecule has 0 aliphatic carbocycles. The molecule has 16 heavy (non-hydrogen) atoms. The van der Waals surface area contributed by atoms with E-state index >= 15 is 0 Å². The first-order valence-corrected chi connectivity index (χ1v) is 8.11. The minimum absolute atomic E-state index is 0.803. The summed E-state index contributed by atoms with van der Waals surface area (Å²) in [5.74, 6) is 1.02. The van der Waals surface area contributed by atoms with Crippen molar-refractivity contribution >= 4 is 11.8 Å². The van der Waals surface area contributed by atoms with Crippen molar-refractivity contribution in [2.24, 2.45) is 5.92 Å². The molecule has 2 atom stereocenters. The Morgan fingerprint density at radius 3 is 2.62 bits per heavy atom. The minimum atomic E-state index is 0.803.